The number of aryl methyl sites for hydroxylation is 2. The fourth-order valence-corrected chi connectivity index (χ4v) is 1.51. The number of nitrogens with zero attached hydrogens (tertiary/aromatic N) is 1. The molecule has 0 atom stereocenters. The van der Waals surface area contributed by atoms with Gasteiger partial charge in [-0.1, -0.05) is 12.1 Å². The quantitative estimate of drug-likeness (QED) is 0.794. The zero-order chi connectivity index (χ0) is 12.0. The van der Waals surface area contributed by atoms with Gasteiger partial charge in [-0.2, -0.15) is 0 Å². The van der Waals surface area contributed by atoms with E-state index in [-0.39, 0.29) is 0 Å². The summed E-state index contributed by atoms with van der Waals surface area (Å²) in [7, 11) is 2.05. The number of likely N-dealkylation sites (N-methyl/N-ethyl adjacent to an activating group) is 1. The van der Waals surface area contributed by atoms with Crippen LogP contribution in [-0.4, -0.2) is 38.2 Å². The number of nitrogens with two attached hydrogens (primary N) is 1. The van der Waals surface area contributed by atoms with Gasteiger partial charge in [-0.3, -0.25) is 0 Å². The van der Waals surface area contributed by atoms with Crippen LogP contribution in [0.1, 0.15) is 11.1 Å². The van der Waals surface area contributed by atoms with E-state index in [1.807, 2.05) is 0 Å². The minimum atomic E-state index is 0.694. The van der Waals surface area contributed by atoms with Crippen molar-refractivity contribution in [2.24, 2.45) is 5.73 Å². The van der Waals surface area contributed by atoms with E-state index in [2.05, 4.69) is 44.0 Å². The first kappa shape index (κ1) is 13.0. The van der Waals surface area contributed by atoms with Crippen LogP contribution >= 0.6 is 0 Å². The summed E-state index contributed by atoms with van der Waals surface area (Å²) < 4.78 is 5.75. The maximum Gasteiger partial charge on any atom is 0.122 e. The Morgan fingerprint density at radius 2 is 2.00 bits per heavy atom. The van der Waals surface area contributed by atoms with Crippen molar-refractivity contribution < 1.29 is 4.74 Å². The van der Waals surface area contributed by atoms with Gasteiger partial charge in [0.15, 0.2) is 0 Å². The van der Waals surface area contributed by atoms with Gasteiger partial charge in [0.1, 0.15) is 12.4 Å². The lowest BCUT2D eigenvalue weighted by molar-refractivity contribution is 0.240. The molecule has 0 fully saturated rings. The Kier molecular flexibility index (Phi) is 5.29. The molecule has 3 heteroatoms. The van der Waals surface area contributed by atoms with Gasteiger partial charge in [-0.15, -0.1) is 0 Å². The van der Waals surface area contributed by atoms with Gasteiger partial charge in [0.2, 0.25) is 0 Å². The summed E-state index contributed by atoms with van der Waals surface area (Å²) in [6.45, 7) is 7.37. The fraction of sp³-hybridized carbons (Fsp3) is 0.538. The molecule has 0 aromatic heterocycles. The highest BCUT2D eigenvalue weighted by atomic mass is 16.5. The Morgan fingerprint density at radius 3 is 2.69 bits per heavy atom. The summed E-state index contributed by atoms with van der Waals surface area (Å²) in [6, 6.07) is 6.27. The summed E-state index contributed by atoms with van der Waals surface area (Å²) in [5.41, 5.74) is 7.89. The summed E-state index contributed by atoms with van der Waals surface area (Å²) >= 11 is 0. The van der Waals surface area contributed by atoms with Crippen LogP contribution in [0.2, 0.25) is 0 Å². The first-order valence-electron chi connectivity index (χ1n) is 5.72. The molecule has 0 saturated heterocycles. The minimum Gasteiger partial charge on any atom is -0.492 e. The third-order valence-electron chi connectivity index (χ3n) is 2.59. The van der Waals surface area contributed by atoms with Gasteiger partial charge < -0.3 is 15.4 Å². The highest BCUT2D eigenvalue weighted by Crippen LogP contribution is 2.18. The number of benzene rings is 1. The third kappa shape index (κ3) is 4.21. The van der Waals surface area contributed by atoms with Crippen LogP contribution in [0.5, 0.6) is 5.75 Å². The number of hydrogen-bond donors (Lipinski definition) is 1. The van der Waals surface area contributed by atoms with Gasteiger partial charge in [0.25, 0.3) is 0 Å². The van der Waals surface area contributed by atoms with E-state index < -0.39 is 0 Å². The zero-order valence-corrected chi connectivity index (χ0v) is 10.5. The molecule has 2 N–H and O–H groups in total. The van der Waals surface area contributed by atoms with E-state index >= 15 is 0 Å². The third-order valence-corrected chi connectivity index (χ3v) is 2.59. The van der Waals surface area contributed by atoms with Crippen LogP contribution in [0.4, 0.5) is 0 Å². The lowest BCUT2D eigenvalue weighted by atomic mass is 10.1. The fourth-order valence-electron chi connectivity index (χ4n) is 1.51. The molecule has 0 amide bonds. The first-order chi connectivity index (χ1) is 7.63. The molecule has 90 valence electrons. The van der Waals surface area contributed by atoms with Crippen molar-refractivity contribution in [3.8, 4) is 5.75 Å². The van der Waals surface area contributed by atoms with Gasteiger partial charge in [-0.05, 0) is 38.1 Å². The second-order valence-electron chi connectivity index (χ2n) is 4.21. The molecule has 1 aromatic rings. The Bertz CT molecular complexity index is 326. The zero-order valence-electron chi connectivity index (χ0n) is 10.5. The van der Waals surface area contributed by atoms with Crippen molar-refractivity contribution in [1.29, 1.82) is 0 Å². The van der Waals surface area contributed by atoms with E-state index in [9.17, 15) is 0 Å². The van der Waals surface area contributed by atoms with Crippen LogP contribution in [0.25, 0.3) is 0 Å². The summed E-state index contributed by atoms with van der Waals surface area (Å²) in [4.78, 5) is 2.17. The van der Waals surface area contributed by atoms with Crippen LogP contribution < -0.4 is 10.5 Å². The van der Waals surface area contributed by atoms with Crippen LogP contribution in [-0.2, 0) is 0 Å². The summed E-state index contributed by atoms with van der Waals surface area (Å²) in [6.07, 6.45) is 0. The molecule has 0 spiro atoms. The molecule has 0 unspecified atom stereocenters. The van der Waals surface area contributed by atoms with Gasteiger partial charge >= 0.3 is 0 Å². The highest BCUT2D eigenvalue weighted by molar-refractivity contribution is 5.35. The van der Waals surface area contributed by atoms with Crippen molar-refractivity contribution in [1.82, 2.24) is 4.90 Å². The molecule has 16 heavy (non-hydrogen) atoms. The monoisotopic (exact) mass is 222 g/mol. The van der Waals surface area contributed by atoms with E-state index in [4.69, 9.17) is 10.5 Å². The maximum atomic E-state index is 5.75. The first-order valence-corrected chi connectivity index (χ1v) is 5.72. The smallest absolute Gasteiger partial charge is 0.122 e. The Morgan fingerprint density at radius 1 is 1.25 bits per heavy atom. The number of hydrogen-bond acceptors (Lipinski definition) is 3. The van der Waals surface area contributed by atoms with Crippen LogP contribution in [0.3, 0.4) is 0 Å². The average molecular weight is 222 g/mol. The maximum absolute atomic E-state index is 5.75. The predicted octanol–water partition coefficient (Wildman–Crippen LogP) is 1.57. The van der Waals surface area contributed by atoms with Crippen molar-refractivity contribution in [3.63, 3.8) is 0 Å². The molecule has 0 aliphatic heterocycles. The molecular weight excluding hydrogens is 200 g/mol. The molecule has 1 aromatic carbocycles. The van der Waals surface area contributed by atoms with Crippen molar-refractivity contribution in [2.75, 3.05) is 33.3 Å². The molecule has 3 nitrogen and oxygen atoms in total. The standard InChI is InChI=1S/C13H22N2O/c1-11-4-5-12(2)13(10-11)16-9-8-15(3)7-6-14/h4-5,10H,6-9,14H2,1-3H3. The Labute approximate surface area is 98.2 Å². The summed E-state index contributed by atoms with van der Waals surface area (Å²) in [5.74, 6) is 0.987. The highest BCUT2D eigenvalue weighted by Gasteiger charge is 2.01. The lowest BCUT2D eigenvalue weighted by Gasteiger charge is -2.16. The Balaban J connectivity index is 2.39. The van der Waals surface area contributed by atoms with Crippen molar-refractivity contribution in [3.05, 3.63) is 29.3 Å². The normalized spacial score (nSPS) is 10.8. The van der Waals surface area contributed by atoms with Gasteiger partial charge in [0.05, 0.1) is 0 Å². The van der Waals surface area contributed by atoms with Crippen LogP contribution in [0, 0.1) is 13.8 Å². The van der Waals surface area contributed by atoms with Gasteiger partial charge in [0, 0.05) is 19.6 Å². The lowest BCUT2D eigenvalue weighted by Crippen LogP contribution is -2.29. The average Bonchev–Trinajstić information content (AvgIpc) is 2.23. The molecule has 0 radical (unpaired) electrons. The topological polar surface area (TPSA) is 38.5 Å². The van der Waals surface area contributed by atoms with E-state index in [0.717, 1.165) is 18.8 Å². The van der Waals surface area contributed by atoms with E-state index in [1.54, 1.807) is 0 Å². The van der Waals surface area contributed by atoms with E-state index in [1.165, 1.54) is 11.1 Å². The molecule has 0 bridgehead atoms. The largest absolute Gasteiger partial charge is 0.492 e. The van der Waals surface area contributed by atoms with Crippen LogP contribution in [0.15, 0.2) is 18.2 Å². The molecule has 0 aliphatic rings. The molecule has 0 saturated carbocycles. The van der Waals surface area contributed by atoms with E-state index in [0.29, 0.717) is 13.2 Å². The molecular formula is C13H22N2O. The SMILES string of the molecule is Cc1ccc(C)c(OCCN(C)CCN)c1. The van der Waals surface area contributed by atoms with Gasteiger partial charge in [-0.25, -0.2) is 0 Å². The van der Waals surface area contributed by atoms with Crippen molar-refractivity contribution in [2.45, 2.75) is 13.8 Å². The number of rotatable bonds is 6. The Hall–Kier alpha value is -1.06. The second-order valence-corrected chi connectivity index (χ2v) is 4.21. The molecule has 0 aliphatic carbocycles. The summed E-state index contributed by atoms with van der Waals surface area (Å²) in [5, 5.41) is 0. The molecule has 0 heterocycles. The predicted molar refractivity (Wildman–Crippen MR) is 68.0 cm³/mol. The number of ether oxygens (including phenoxy) is 1. The minimum absolute atomic E-state index is 0.694. The second kappa shape index (κ2) is 6.51. The molecule has 1 rings (SSSR count). The van der Waals surface area contributed by atoms with Crippen molar-refractivity contribution >= 4 is 0 Å².